The molecule has 0 saturated carbocycles. The van der Waals surface area contributed by atoms with Gasteiger partial charge in [0.15, 0.2) is 11.2 Å². The minimum atomic E-state index is -0.353. The van der Waals surface area contributed by atoms with Crippen molar-refractivity contribution < 1.29 is 0 Å². The standard InChI is InChI=1S/C19H21N5O2/c1-21-16-15(17(25)22(2)19(21)26)24-13-7-12-23(18(24)20-16)11-6-10-14-8-4-3-5-9-14/h3-6,8-10H,7,11-13H2,1-2H3/b10-6+. The zero-order valence-electron chi connectivity index (χ0n) is 14.9. The zero-order chi connectivity index (χ0) is 18.3. The summed E-state index contributed by atoms with van der Waals surface area (Å²) in [5, 5.41) is 0. The van der Waals surface area contributed by atoms with Crippen LogP contribution >= 0.6 is 0 Å². The van der Waals surface area contributed by atoms with Gasteiger partial charge in [-0.1, -0.05) is 42.5 Å². The molecule has 2 aromatic heterocycles. The van der Waals surface area contributed by atoms with Gasteiger partial charge in [0.05, 0.1) is 0 Å². The number of aromatic nitrogens is 4. The van der Waals surface area contributed by atoms with Crippen molar-refractivity contribution in [1.82, 2.24) is 18.7 Å². The summed E-state index contributed by atoms with van der Waals surface area (Å²) in [5.41, 5.74) is 1.46. The van der Waals surface area contributed by atoms with Crippen LogP contribution in [0.25, 0.3) is 17.2 Å². The van der Waals surface area contributed by atoms with E-state index in [1.165, 1.54) is 11.6 Å². The van der Waals surface area contributed by atoms with Gasteiger partial charge in [-0.25, -0.2) is 4.79 Å². The van der Waals surface area contributed by atoms with Gasteiger partial charge in [0, 0.05) is 33.7 Å². The molecule has 0 bridgehead atoms. The van der Waals surface area contributed by atoms with Crippen LogP contribution in [0.3, 0.4) is 0 Å². The molecule has 0 N–H and O–H groups in total. The topological polar surface area (TPSA) is 65.1 Å². The lowest BCUT2D eigenvalue weighted by Gasteiger charge is -2.27. The number of hydrogen-bond donors (Lipinski definition) is 0. The minimum Gasteiger partial charge on any atom is -0.338 e. The molecule has 0 aliphatic carbocycles. The van der Waals surface area contributed by atoms with Gasteiger partial charge in [0.2, 0.25) is 5.95 Å². The molecule has 26 heavy (non-hydrogen) atoms. The van der Waals surface area contributed by atoms with Crippen molar-refractivity contribution in [2.75, 3.05) is 18.0 Å². The Bertz CT molecular complexity index is 1100. The van der Waals surface area contributed by atoms with Crippen molar-refractivity contribution in [1.29, 1.82) is 0 Å². The lowest BCUT2D eigenvalue weighted by Crippen LogP contribution is -2.38. The van der Waals surface area contributed by atoms with E-state index in [1.807, 2.05) is 22.8 Å². The Morgan fingerprint density at radius 1 is 1.08 bits per heavy atom. The molecular weight excluding hydrogens is 330 g/mol. The summed E-state index contributed by atoms with van der Waals surface area (Å²) in [4.78, 5) is 31.5. The summed E-state index contributed by atoms with van der Waals surface area (Å²) in [6, 6.07) is 10.1. The second-order valence-corrected chi connectivity index (χ2v) is 6.55. The molecule has 0 radical (unpaired) electrons. The first-order valence-electron chi connectivity index (χ1n) is 8.70. The summed E-state index contributed by atoms with van der Waals surface area (Å²) in [7, 11) is 3.16. The summed E-state index contributed by atoms with van der Waals surface area (Å²) < 4.78 is 4.53. The van der Waals surface area contributed by atoms with E-state index in [9.17, 15) is 9.59 Å². The number of anilines is 1. The van der Waals surface area contributed by atoms with Crippen molar-refractivity contribution in [2.45, 2.75) is 13.0 Å². The van der Waals surface area contributed by atoms with E-state index in [2.05, 4.69) is 34.2 Å². The molecular formula is C19H21N5O2. The molecule has 134 valence electrons. The highest BCUT2D eigenvalue weighted by atomic mass is 16.2. The first-order valence-corrected chi connectivity index (χ1v) is 8.70. The second kappa shape index (κ2) is 6.33. The van der Waals surface area contributed by atoms with Crippen molar-refractivity contribution in [2.24, 2.45) is 14.1 Å². The van der Waals surface area contributed by atoms with Crippen LogP contribution in [-0.2, 0) is 20.6 Å². The maximum atomic E-state index is 12.6. The van der Waals surface area contributed by atoms with Crippen LogP contribution in [-0.4, -0.2) is 31.8 Å². The van der Waals surface area contributed by atoms with Gasteiger partial charge in [-0.05, 0) is 12.0 Å². The molecule has 4 rings (SSSR count). The van der Waals surface area contributed by atoms with Gasteiger partial charge < -0.3 is 9.47 Å². The predicted molar refractivity (Wildman–Crippen MR) is 103 cm³/mol. The Labute approximate surface area is 150 Å². The van der Waals surface area contributed by atoms with Crippen molar-refractivity contribution in [3.8, 4) is 0 Å². The molecule has 7 nitrogen and oxygen atoms in total. The summed E-state index contributed by atoms with van der Waals surface area (Å²) in [5.74, 6) is 0.752. The average Bonchev–Trinajstić information content (AvgIpc) is 3.06. The normalized spacial score (nSPS) is 14.3. The monoisotopic (exact) mass is 351 g/mol. The quantitative estimate of drug-likeness (QED) is 0.715. The molecule has 0 saturated heterocycles. The van der Waals surface area contributed by atoms with Crippen LogP contribution < -0.4 is 16.1 Å². The van der Waals surface area contributed by atoms with Crippen molar-refractivity contribution in [3.63, 3.8) is 0 Å². The first kappa shape index (κ1) is 16.4. The van der Waals surface area contributed by atoms with E-state index in [4.69, 9.17) is 0 Å². The molecule has 1 aliphatic rings. The highest BCUT2D eigenvalue weighted by molar-refractivity contribution is 5.75. The van der Waals surface area contributed by atoms with E-state index in [-0.39, 0.29) is 11.2 Å². The Morgan fingerprint density at radius 2 is 1.85 bits per heavy atom. The second-order valence-electron chi connectivity index (χ2n) is 6.55. The van der Waals surface area contributed by atoms with Gasteiger partial charge in [-0.15, -0.1) is 0 Å². The molecule has 0 fully saturated rings. The van der Waals surface area contributed by atoms with E-state index in [1.54, 1.807) is 7.05 Å². The number of benzene rings is 1. The number of aryl methyl sites for hydroxylation is 2. The molecule has 7 heteroatoms. The van der Waals surface area contributed by atoms with Crippen molar-refractivity contribution >= 4 is 23.2 Å². The minimum absolute atomic E-state index is 0.288. The molecule has 0 unspecified atom stereocenters. The average molecular weight is 351 g/mol. The van der Waals surface area contributed by atoms with Gasteiger partial charge in [-0.3, -0.25) is 13.9 Å². The van der Waals surface area contributed by atoms with Crippen LogP contribution in [0.2, 0.25) is 0 Å². The molecule has 0 spiro atoms. The lowest BCUT2D eigenvalue weighted by molar-refractivity contribution is 0.577. The third-order valence-corrected chi connectivity index (χ3v) is 4.86. The van der Waals surface area contributed by atoms with Crippen LogP contribution in [0.1, 0.15) is 12.0 Å². The third kappa shape index (κ3) is 2.56. The number of rotatable bonds is 3. The summed E-state index contributed by atoms with van der Waals surface area (Å²) >= 11 is 0. The number of fused-ring (bicyclic) bond motifs is 3. The molecule has 1 aliphatic heterocycles. The van der Waals surface area contributed by atoms with E-state index in [0.717, 1.165) is 35.6 Å². The van der Waals surface area contributed by atoms with Crippen LogP contribution in [0.5, 0.6) is 0 Å². The first-order chi connectivity index (χ1) is 12.6. The Kier molecular flexibility index (Phi) is 3.99. The molecule has 0 atom stereocenters. The molecule has 1 aromatic carbocycles. The van der Waals surface area contributed by atoms with Gasteiger partial charge in [-0.2, -0.15) is 4.98 Å². The Morgan fingerprint density at radius 3 is 2.62 bits per heavy atom. The fourth-order valence-electron chi connectivity index (χ4n) is 3.46. The largest absolute Gasteiger partial charge is 0.338 e. The zero-order valence-corrected chi connectivity index (χ0v) is 14.9. The SMILES string of the molecule is Cn1c(=O)c2c(nc3n2CCCN3C/C=C/c2ccccc2)n(C)c1=O. The Hall–Kier alpha value is -3.09. The van der Waals surface area contributed by atoms with E-state index in [0.29, 0.717) is 17.7 Å². The fraction of sp³-hybridized carbons (Fsp3) is 0.316. The molecule has 3 heterocycles. The maximum Gasteiger partial charge on any atom is 0.332 e. The van der Waals surface area contributed by atoms with Gasteiger partial charge >= 0.3 is 5.69 Å². The smallest absolute Gasteiger partial charge is 0.332 e. The van der Waals surface area contributed by atoms with E-state index >= 15 is 0 Å². The van der Waals surface area contributed by atoms with Gasteiger partial charge in [0.1, 0.15) is 0 Å². The predicted octanol–water partition coefficient (Wildman–Crippen LogP) is 1.36. The van der Waals surface area contributed by atoms with Crippen molar-refractivity contribution in [3.05, 3.63) is 62.8 Å². The fourth-order valence-corrected chi connectivity index (χ4v) is 3.46. The number of nitrogens with zero attached hydrogens (tertiary/aromatic N) is 5. The number of imidazole rings is 1. The molecule has 3 aromatic rings. The van der Waals surface area contributed by atoms with Gasteiger partial charge in [0.25, 0.3) is 5.56 Å². The Balaban J connectivity index is 1.74. The van der Waals surface area contributed by atoms with E-state index < -0.39 is 0 Å². The third-order valence-electron chi connectivity index (χ3n) is 4.86. The highest BCUT2D eigenvalue weighted by Crippen LogP contribution is 2.24. The van der Waals surface area contributed by atoms with Crippen LogP contribution in [0, 0.1) is 0 Å². The maximum absolute atomic E-state index is 12.6. The van der Waals surface area contributed by atoms with Crippen LogP contribution in [0.4, 0.5) is 5.95 Å². The summed E-state index contributed by atoms with van der Waals surface area (Å²) in [6.07, 6.45) is 5.11. The highest BCUT2D eigenvalue weighted by Gasteiger charge is 2.24. The van der Waals surface area contributed by atoms with Crippen LogP contribution in [0.15, 0.2) is 46.0 Å². The summed E-state index contributed by atoms with van der Waals surface area (Å²) in [6.45, 7) is 2.31. The number of hydrogen-bond acceptors (Lipinski definition) is 4. The molecule has 0 amide bonds. The lowest BCUT2D eigenvalue weighted by atomic mass is 10.2.